The summed E-state index contributed by atoms with van der Waals surface area (Å²) in [6.45, 7) is 0. The van der Waals surface area contributed by atoms with Crippen LogP contribution in [0.25, 0.3) is 0 Å². The van der Waals surface area contributed by atoms with Crippen LogP contribution in [0, 0.1) is 0 Å². The Labute approximate surface area is 96.8 Å². The maximum atomic E-state index is 11.7. The van der Waals surface area contributed by atoms with Gasteiger partial charge in [0.25, 0.3) is 0 Å². The van der Waals surface area contributed by atoms with Gasteiger partial charge in [-0.05, 0) is 16.1 Å². The van der Waals surface area contributed by atoms with Crippen molar-refractivity contribution >= 4 is 18.1 Å². The molecule has 86 valence electrons. The molecule has 0 radical (unpaired) electrons. The minimum Gasteiger partial charge on any atom is -0.858 e. The molecule has 0 saturated carbocycles. The summed E-state index contributed by atoms with van der Waals surface area (Å²) in [5.74, 6) is -0.568. The standard InChI is InChI=1S/C11H9N3O3/c1-14-9(7-15)11(17-13-14)12-10(16)8-5-3-2-4-6-8/h2-7H,1H3. The molecule has 0 aliphatic rings. The Bertz CT molecular complexity index is 561. The van der Waals surface area contributed by atoms with E-state index in [1.165, 1.54) is 11.7 Å². The van der Waals surface area contributed by atoms with Gasteiger partial charge in [-0.2, -0.15) is 0 Å². The molecule has 0 fully saturated rings. The highest BCUT2D eigenvalue weighted by atomic mass is 16.5. The van der Waals surface area contributed by atoms with Crippen LogP contribution in [0.15, 0.2) is 39.8 Å². The van der Waals surface area contributed by atoms with E-state index in [4.69, 9.17) is 4.52 Å². The van der Waals surface area contributed by atoms with Gasteiger partial charge in [-0.25, -0.2) is 4.99 Å². The molecule has 0 bridgehead atoms. The predicted molar refractivity (Wildman–Crippen MR) is 55.7 cm³/mol. The van der Waals surface area contributed by atoms with Gasteiger partial charge < -0.3 is 5.11 Å². The molecule has 0 atom stereocenters. The summed E-state index contributed by atoms with van der Waals surface area (Å²) in [6, 6.07) is 8.50. The molecule has 1 heterocycles. The number of nitrogens with zero attached hydrogens (tertiary/aromatic N) is 3. The number of aliphatic imine (C=N–C) groups is 1. The quantitative estimate of drug-likeness (QED) is 0.315. The zero-order chi connectivity index (χ0) is 12.3. The normalized spacial score (nSPS) is 11.5. The van der Waals surface area contributed by atoms with E-state index in [1.807, 2.05) is 0 Å². The molecule has 0 amide bonds. The van der Waals surface area contributed by atoms with E-state index in [-0.39, 0.29) is 11.6 Å². The summed E-state index contributed by atoms with van der Waals surface area (Å²) in [7, 11) is 1.53. The maximum Gasteiger partial charge on any atom is 0.339 e. The summed E-state index contributed by atoms with van der Waals surface area (Å²) in [4.78, 5) is 14.4. The number of aromatic nitrogens is 2. The van der Waals surface area contributed by atoms with E-state index < -0.39 is 5.90 Å². The summed E-state index contributed by atoms with van der Waals surface area (Å²) < 4.78 is 5.99. The summed E-state index contributed by atoms with van der Waals surface area (Å²) >= 11 is 0. The fourth-order valence-electron chi connectivity index (χ4n) is 1.27. The fourth-order valence-corrected chi connectivity index (χ4v) is 1.27. The van der Waals surface area contributed by atoms with Gasteiger partial charge in [0.1, 0.15) is 0 Å². The van der Waals surface area contributed by atoms with Gasteiger partial charge in [-0.1, -0.05) is 30.3 Å². The van der Waals surface area contributed by atoms with E-state index >= 15 is 0 Å². The van der Waals surface area contributed by atoms with Gasteiger partial charge in [0.05, 0.1) is 0 Å². The van der Waals surface area contributed by atoms with Crippen molar-refractivity contribution in [2.45, 2.75) is 0 Å². The highest BCUT2D eigenvalue weighted by molar-refractivity contribution is 5.92. The molecule has 17 heavy (non-hydrogen) atoms. The SMILES string of the molecule is C[n+]1noc(/N=C(\[O-])c2ccccc2)c1C=O. The molecule has 1 aromatic carbocycles. The predicted octanol–water partition coefficient (Wildman–Crippen LogP) is -0.250. The van der Waals surface area contributed by atoms with Gasteiger partial charge in [-0.15, -0.1) is 0 Å². The molecule has 6 heteroatoms. The van der Waals surface area contributed by atoms with Crippen LogP contribution in [0.2, 0.25) is 0 Å². The Balaban J connectivity index is 2.39. The Kier molecular flexibility index (Phi) is 2.95. The average molecular weight is 231 g/mol. The van der Waals surface area contributed by atoms with Crippen molar-refractivity contribution in [1.29, 1.82) is 0 Å². The molecule has 0 unspecified atom stereocenters. The lowest BCUT2D eigenvalue weighted by Crippen LogP contribution is -2.33. The van der Waals surface area contributed by atoms with E-state index in [0.717, 1.165) is 0 Å². The van der Waals surface area contributed by atoms with Crippen molar-refractivity contribution in [3.63, 3.8) is 0 Å². The molecule has 0 aliphatic heterocycles. The van der Waals surface area contributed by atoms with E-state index in [0.29, 0.717) is 11.8 Å². The zero-order valence-corrected chi connectivity index (χ0v) is 9.03. The van der Waals surface area contributed by atoms with Gasteiger partial charge >= 0.3 is 11.6 Å². The third-order valence-electron chi connectivity index (χ3n) is 2.15. The van der Waals surface area contributed by atoms with Crippen LogP contribution in [0.5, 0.6) is 0 Å². The Morgan fingerprint density at radius 3 is 2.82 bits per heavy atom. The molecule has 0 spiro atoms. The van der Waals surface area contributed by atoms with Crippen molar-refractivity contribution in [3.05, 3.63) is 41.6 Å². The molecule has 0 N–H and O–H groups in total. The molecule has 2 aromatic rings. The van der Waals surface area contributed by atoms with Crippen molar-refractivity contribution in [3.8, 4) is 0 Å². The Hall–Kier alpha value is -2.50. The molecule has 0 saturated heterocycles. The van der Waals surface area contributed by atoms with Crippen molar-refractivity contribution in [2.24, 2.45) is 12.0 Å². The second kappa shape index (κ2) is 4.56. The number of aryl methyl sites for hydroxylation is 1. The Morgan fingerprint density at radius 2 is 2.18 bits per heavy atom. The van der Waals surface area contributed by atoms with Crippen LogP contribution in [0.3, 0.4) is 0 Å². The first-order valence-corrected chi connectivity index (χ1v) is 4.84. The molecular formula is C11H9N3O3. The Morgan fingerprint density at radius 1 is 1.47 bits per heavy atom. The molecule has 0 aliphatic carbocycles. The number of rotatable bonds is 3. The zero-order valence-electron chi connectivity index (χ0n) is 9.03. The van der Waals surface area contributed by atoms with E-state index in [2.05, 4.69) is 10.3 Å². The van der Waals surface area contributed by atoms with Crippen molar-refractivity contribution in [1.82, 2.24) is 5.27 Å². The second-order valence-electron chi connectivity index (χ2n) is 3.29. The van der Waals surface area contributed by atoms with Gasteiger partial charge in [0, 0.05) is 0 Å². The highest BCUT2D eigenvalue weighted by Gasteiger charge is 2.19. The minimum absolute atomic E-state index is 0.0867. The molecule has 6 nitrogen and oxygen atoms in total. The maximum absolute atomic E-state index is 11.7. The van der Waals surface area contributed by atoms with Crippen molar-refractivity contribution < 1.29 is 19.1 Å². The third-order valence-corrected chi connectivity index (χ3v) is 2.15. The van der Waals surface area contributed by atoms with Gasteiger partial charge in [-0.3, -0.25) is 9.32 Å². The summed E-state index contributed by atoms with van der Waals surface area (Å²) in [5.41, 5.74) is 0.540. The first-order valence-electron chi connectivity index (χ1n) is 4.84. The second-order valence-corrected chi connectivity index (χ2v) is 3.29. The number of carbonyl (C=O) groups is 1. The van der Waals surface area contributed by atoms with Gasteiger partial charge in [0.2, 0.25) is 11.6 Å². The van der Waals surface area contributed by atoms with E-state index in [1.54, 1.807) is 30.3 Å². The number of hydrogen-bond acceptors (Lipinski definition) is 5. The number of hydrogen-bond donors (Lipinski definition) is 0. The minimum atomic E-state index is -0.481. The first-order chi connectivity index (χ1) is 8.22. The average Bonchev–Trinajstić information content (AvgIpc) is 2.71. The van der Waals surface area contributed by atoms with Gasteiger partial charge in [0.15, 0.2) is 7.05 Å². The smallest absolute Gasteiger partial charge is 0.339 e. The highest BCUT2D eigenvalue weighted by Crippen LogP contribution is 2.13. The first kappa shape index (κ1) is 11.0. The number of aldehydes is 1. The molecular weight excluding hydrogens is 222 g/mol. The van der Waals surface area contributed by atoms with E-state index in [9.17, 15) is 9.90 Å². The van der Waals surface area contributed by atoms with Crippen molar-refractivity contribution in [2.75, 3.05) is 0 Å². The summed E-state index contributed by atoms with van der Waals surface area (Å²) in [5, 5.41) is 15.2. The number of benzene rings is 1. The monoisotopic (exact) mass is 231 g/mol. The van der Waals surface area contributed by atoms with Crippen LogP contribution in [-0.2, 0) is 7.05 Å². The van der Waals surface area contributed by atoms with Crippen LogP contribution in [0.1, 0.15) is 16.1 Å². The molecule has 1 aromatic heterocycles. The number of carbonyl (C=O) groups excluding carboxylic acids is 1. The topological polar surface area (TPSA) is 82.4 Å². The van der Waals surface area contributed by atoms with Crippen LogP contribution in [-0.4, -0.2) is 17.5 Å². The van der Waals surface area contributed by atoms with Crippen LogP contribution >= 0.6 is 0 Å². The lowest BCUT2D eigenvalue weighted by atomic mass is 10.2. The summed E-state index contributed by atoms with van der Waals surface area (Å²) in [6.07, 6.45) is 0.535. The van der Waals surface area contributed by atoms with Crippen LogP contribution < -0.4 is 9.79 Å². The lowest BCUT2D eigenvalue weighted by molar-refractivity contribution is -0.740. The van der Waals surface area contributed by atoms with Crippen LogP contribution in [0.4, 0.5) is 5.88 Å². The fraction of sp³-hybridized carbons (Fsp3) is 0.0909. The molecule has 2 rings (SSSR count). The third kappa shape index (κ3) is 2.20. The largest absolute Gasteiger partial charge is 0.858 e. The lowest BCUT2D eigenvalue weighted by Gasteiger charge is -2.07.